The molecule has 4 N–H and O–H groups in total. The molecule has 3 nitrogen and oxygen atoms in total. The largest absolute Gasteiger partial charge is 0.398 e. The van der Waals surface area contributed by atoms with E-state index in [-0.39, 0.29) is 6.42 Å². The van der Waals surface area contributed by atoms with Gasteiger partial charge in [-0.1, -0.05) is 13.0 Å². The van der Waals surface area contributed by atoms with Crippen molar-refractivity contribution < 1.29 is 10.2 Å². The van der Waals surface area contributed by atoms with Crippen LogP contribution in [0.4, 0.5) is 5.69 Å². The first-order valence-corrected chi connectivity index (χ1v) is 4.70. The Labute approximate surface area is 84.2 Å². The zero-order valence-electron chi connectivity index (χ0n) is 8.83. The highest BCUT2D eigenvalue weighted by Crippen LogP contribution is 2.30. The van der Waals surface area contributed by atoms with Crippen LogP contribution in [0.15, 0.2) is 12.1 Å². The van der Waals surface area contributed by atoms with Crippen molar-refractivity contribution >= 4 is 5.69 Å². The lowest BCUT2D eigenvalue weighted by Gasteiger charge is -2.24. The fraction of sp³-hybridized carbons (Fsp3) is 0.455. The predicted octanol–water partition coefficient (Wildman–Crippen LogP) is 1.43. The Morgan fingerprint density at radius 1 is 1.29 bits per heavy atom. The molecule has 1 rings (SSSR count). The van der Waals surface area contributed by atoms with Gasteiger partial charge in [0.05, 0.1) is 0 Å². The lowest BCUT2D eigenvalue weighted by atomic mass is 9.95. The summed E-state index contributed by atoms with van der Waals surface area (Å²) >= 11 is 0. The number of aliphatic hydroxyl groups is 2. The zero-order valence-corrected chi connectivity index (χ0v) is 8.83. The van der Waals surface area contributed by atoms with Crippen LogP contribution in [0.5, 0.6) is 0 Å². The van der Waals surface area contributed by atoms with Gasteiger partial charge in [0.15, 0.2) is 5.79 Å². The summed E-state index contributed by atoms with van der Waals surface area (Å²) in [4.78, 5) is 0. The van der Waals surface area contributed by atoms with Crippen molar-refractivity contribution in [1.29, 1.82) is 0 Å². The second-order valence-corrected chi connectivity index (χ2v) is 3.72. The van der Waals surface area contributed by atoms with Gasteiger partial charge >= 0.3 is 0 Å². The summed E-state index contributed by atoms with van der Waals surface area (Å²) in [6, 6.07) is 3.64. The van der Waals surface area contributed by atoms with Crippen LogP contribution in [-0.4, -0.2) is 10.2 Å². The predicted molar refractivity (Wildman–Crippen MR) is 56.7 cm³/mol. The van der Waals surface area contributed by atoms with Gasteiger partial charge in [-0.3, -0.25) is 0 Å². The van der Waals surface area contributed by atoms with Gasteiger partial charge in [0.2, 0.25) is 0 Å². The topological polar surface area (TPSA) is 66.5 Å². The summed E-state index contributed by atoms with van der Waals surface area (Å²) in [6.45, 7) is 5.46. The number of anilines is 1. The summed E-state index contributed by atoms with van der Waals surface area (Å²) in [5.74, 6) is -1.82. The highest BCUT2D eigenvalue weighted by atomic mass is 16.5. The van der Waals surface area contributed by atoms with E-state index in [1.165, 1.54) is 0 Å². The van der Waals surface area contributed by atoms with Crippen molar-refractivity contribution in [3.05, 3.63) is 28.8 Å². The Bertz CT molecular complexity index is 322. The van der Waals surface area contributed by atoms with Crippen LogP contribution in [0, 0.1) is 13.8 Å². The molecule has 0 atom stereocenters. The van der Waals surface area contributed by atoms with E-state index >= 15 is 0 Å². The van der Waals surface area contributed by atoms with Crippen molar-refractivity contribution in [2.45, 2.75) is 33.0 Å². The highest BCUT2D eigenvalue weighted by molar-refractivity contribution is 5.55. The van der Waals surface area contributed by atoms with Crippen LogP contribution < -0.4 is 5.73 Å². The second-order valence-electron chi connectivity index (χ2n) is 3.72. The number of nitrogen functional groups attached to an aromatic ring is 1. The van der Waals surface area contributed by atoms with E-state index in [2.05, 4.69) is 0 Å². The van der Waals surface area contributed by atoms with E-state index in [0.29, 0.717) is 11.3 Å². The maximum absolute atomic E-state index is 9.72. The summed E-state index contributed by atoms with van der Waals surface area (Å²) in [7, 11) is 0. The van der Waals surface area contributed by atoms with Gasteiger partial charge in [-0.15, -0.1) is 0 Å². The molecule has 0 unspecified atom stereocenters. The van der Waals surface area contributed by atoms with Crippen molar-refractivity contribution in [2.75, 3.05) is 5.73 Å². The lowest BCUT2D eigenvalue weighted by Crippen LogP contribution is -2.26. The molecule has 78 valence electrons. The Morgan fingerprint density at radius 2 is 1.86 bits per heavy atom. The Hall–Kier alpha value is -1.06. The van der Waals surface area contributed by atoms with Gasteiger partial charge in [-0.2, -0.15) is 0 Å². The molecular formula is C11H17NO2. The number of rotatable bonds is 2. The number of nitrogens with two attached hydrogens (primary N) is 1. The van der Waals surface area contributed by atoms with Gasteiger partial charge in [0.1, 0.15) is 0 Å². The van der Waals surface area contributed by atoms with Gasteiger partial charge in [0.25, 0.3) is 0 Å². The van der Waals surface area contributed by atoms with Crippen LogP contribution in [0.2, 0.25) is 0 Å². The zero-order chi connectivity index (χ0) is 10.9. The molecule has 0 saturated carbocycles. The standard InChI is InChI=1S/C11H17NO2/c1-4-11(13,14)10-8(3)5-7(2)6-9(10)12/h5-6,13-14H,4,12H2,1-3H3. The molecule has 1 aromatic rings. The van der Waals surface area contributed by atoms with Crippen LogP contribution in [-0.2, 0) is 5.79 Å². The van der Waals surface area contributed by atoms with Crippen molar-refractivity contribution in [3.8, 4) is 0 Å². The maximum atomic E-state index is 9.72. The van der Waals surface area contributed by atoms with E-state index in [0.717, 1.165) is 11.1 Å². The molecule has 0 aliphatic rings. The summed E-state index contributed by atoms with van der Waals surface area (Å²) in [5, 5.41) is 19.4. The third kappa shape index (κ3) is 1.89. The van der Waals surface area contributed by atoms with Crippen molar-refractivity contribution in [3.63, 3.8) is 0 Å². The first-order valence-electron chi connectivity index (χ1n) is 4.70. The average molecular weight is 195 g/mol. The highest BCUT2D eigenvalue weighted by Gasteiger charge is 2.27. The third-order valence-electron chi connectivity index (χ3n) is 2.40. The number of aryl methyl sites for hydroxylation is 2. The minimum absolute atomic E-state index is 0.223. The summed E-state index contributed by atoms with van der Waals surface area (Å²) < 4.78 is 0. The Balaban J connectivity index is 3.35. The number of hydrogen-bond acceptors (Lipinski definition) is 3. The van der Waals surface area contributed by atoms with Crippen molar-refractivity contribution in [2.24, 2.45) is 0 Å². The Kier molecular flexibility index (Phi) is 2.83. The van der Waals surface area contributed by atoms with Gasteiger partial charge in [-0.05, 0) is 31.0 Å². The first-order chi connectivity index (χ1) is 6.38. The van der Waals surface area contributed by atoms with E-state index in [9.17, 15) is 10.2 Å². The monoisotopic (exact) mass is 195 g/mol. The second kappa shape index (κ2) is 3.59. The van der Waals surface area contributed by atoms with Gasteiger partial charge < -0.3 is 15.9 Å². The molecule has 0 fully saturated rings. The maximum Gasteiger partial charge on any atom is 0.191 e. The van der Waals surface area contributed by atoms with Crippen LogP contribution in [0.1, 0.15) is 30.0 Å². The SMILES string of the molecule is CCC(O)(O)c1c(C)cc(C)cc1N. The molecule has 0 aromatic heterocycles. The fourth-order valence-electron chi connectivity index (χ4n) is 1.72. The third-order valence-corrected chi connectivity index (χ3v) is 2.40. The molecule has 0 aliphatic carbocycles. The summed E-state index contributed by atoms with van der Waals surface area (Å²) in [6.07, 6.45) is 0.223. The fourth-order valence-corrected chi connectivity index (χ4v) is 1.72. The van der Waals surface area contributed by atoms with E-state index in [1.807, 2.05) is 19.9 Å². The smallest absolute Gasteiger partial charge is 0.191 e. The van der Waals surface area contributed by atoms with Crippen LogP contribution >= 0.6 is 0 Å². The van der Waals surface area contributed by atoms with Crippen LogP contribution in [0.3, 0.4) is 0 Å². The molecule has 0 heterocycles. The first kappa shape index (κ1) is 11.0. The molecule has 0 saturated heterocycles. The molecule has 0 aliphatic heterocycles. The molecule has 0 amide bonds. The molecule has 0 radical (unpaired) electrons. The Morgan fingerprint density at radius 3 is 2.29 bits per heavy atom. The molecule has 0 spiro atoms. The van der Waals surface area contributed by atoms with E-state index < -0.39 is 5.79 Å². The minimum atomic E-state index is -1.82. The number of benzene rings is 1. The molecule has 1 aromatic carbocycles. The normalized spacial score (nSPS) is 11.8. The average Bonchev–Trinajstić information content (AvgIpc) is 2.01. The number of hydrogen-bond donors (Lipinski definition) is 3. The van der Waals surface area contributed by atoms with Crippen LogP contribution in [0.25, 0.3) is 0 Å². The quantitative estimate of drug-likeness (QED) is 0.494. The lowest BCUT2D eigenvalue weighted by molar-refractivity contribution is -0.170. The van der Waals surface area contributed by atoms with Gasteiger partial charge in [0, 0.05) is 17.7 Å². The molecule has 14 heavy (non-hydrogen) atoms. The van der Waals surface area contributed by atoms with E-state index in [4.69, 9.17) is 5.73 Å². The minimum Gasteiger partial charge on any atom is -0.398 e. The molecular weight excluding hydrogens is 178 g/mol. The van der Waals surface area contributed by atoms with Crippen molar-refractivity contribution in [1.82, 2.24) is 0 Å². The molecule has 0 bridgehead atoms. The summed E-state index contributed by atoms with van der Waals surface area (Å²) in [5.41, 5.74) is 8.46. The van der Waals surface area contributed by atoms with E-state index in [1.54, 1.807) is 13.0 Å². The van der Waals surface area contributed by atoms with Gasteiger partial charge in [-0.25, -0.2) is 0 Å². The molecule has 3 heteroatoms.